The lowest BCUT2D eigenvalue weighted by Crippen LogP contribution is -2.38. The third-order valence-corrected chi connectivity index (χ3v) is 7.90. The maximum atomic E-state index is 12.1. The van der Waals surface area contributed by atoms with Gasteiger partial charge in [-0.2, -0.15) is 0 Å². The van der Waals surface area contributed by atoms with E-state index in [1.165, 1.54) is 11.0 Å². The van der Waals surface area contributed by atoms with Crippen LogP contribution < -0.4 is 4.74 Å². The number of carbonyl (C=O) groups is 3. The summed E-state index contributed by atoms with van der Waals surface area (Å²) >= 11 is 9.91. The van der Waals surface area contributed by atoms with Gasteiger partial charge in [-0.1, -0.05) is 54.7 Å². The minimum Gasteiger partial charge on any atom is -0.508 e. The minimum atomic E-state index is -0.607. The molecule has 1 heterocycles. The van der Waals surface area contributed by atoms with Crippen LogP contribution in [0.1, 0.15) is 76.4 Å². The van der Waals surface area contributed by atoms with Crippen LogP contribution in [0.2, 0.25) is 0 Å². The van der Waals surface area contributed by atoms with Crippen LogP contribution in [0.25, 0.3) is 0 Å². The normalized spacial score (nSPS) is 12.0. The Bertz CT molecular complexity index is 1610. The monoisotopic (exact) mass is 932 g/mol. The molecule has 0 radical (unpaired) electrons. The summed E-state index contributed by atoms with van der Waals surface area (Å²) in [7, 11) is 0. The molecule has 12 nitrogen and oxygen atoms in total. The molecule has 0 fully saturated rings. The molecule has 2 amide bonds. The Morgan fingerprint density at radius 1 is 0.849 bits per heavy atom. The Balaban J connectivity index is 0.000000394. The Morgan fingerprint density at radius 3 is 1.92 bits per heavy atom. The molecule has 3 aromatic carbocycles. The molecule has 0 saturated carbocycles. The minimum absolute atomic E-state index is 0.0122. The van der Waals surface area contributed by atoms with Crippen molar-refractivity contribution in [2.24, 2.45) is 0 Å². The van der Waals surface area contributed by atoms with E-state index >= 15 is 0 Å². The van der Waals surface area contributed by atoms with Crippen molar-refractivity contribution in [2.75, 3.05) is 32.9 Å². The van der Waals surface area contributed by atoms with Crippen LogP contribution in [0.15, 0.2) is 68.0 Å². The van der Waals surface area contributed by atoms with Crippen molar-refractivity contribution >= 4 is 66.3 Å². The SMILES string of the molecule is CC(C)(C)OC(=O)N(CCO)Cc1cc(Br)ccc1O.CC(C)(C)OC(=O)N1CCOc2ccc(Br)cc2C1.CCCO.O=Cc1cc(Br)ccc1O. The number of fused-ring (bicyclic) bond motifs is 1. The number of nitrogens with zero attached hydrogens (tertiary/aromatic N) is 2. The zero-order valence-corrected chi connectivity index (χ0v) is 36.0. The fourth-order valence-corrected chi connectivity index (χ4v) is 5.23. The molecular formula is C38H51Br3N2O10. The highest BCUT2D eigenvalue weighted by Crippen LogP contribution is 2.28. The first kappa shape index (κ1) is 47.7. The number of phenolic OH excluding ortho intramolecular Hbond substituents is 2. The van der Waals surface area contributed by atoms with E-state index in [4.69, 9.17) is 29.5 Å². The molecule has 0 aliphatic carbocycles. The van der Waals surface area contributed by atoms with E-state index in [0.717, 1.165) is 31.2 Å². The molecule has 0 saturated heterocycles. The first-order chi connectivity index (χ1) is 24.7. The molecule has 0 bridgehead atoms. The molecular weight excluding hydrogens is 884 g/mol. The summed E-state index contributed by atoms with van der Waals surface area (Å²) in [6, 6.07) is 15.5. The van der Waals surface area contributed by atoms with E-state index in [9.17, 15) is 19.5 Å². The number of phenols is 2. The van der Waals surface area contributed by atoms with Crippen molar-refractivity contribution in [1.29, 1.82) is 0 Å². The van der Waals surface area contributed by atoms with Crippen LogP contribution >= 0.6 is 47.8 Å². The first-order valence-electron chi connectivity index (χ1n) is 16.7. The quantitative estimate of drug-likeness (QED) is 0.176. The third-order valence-electron chi connectivity index (χ3n) is 6.42. The van der Waals surface area contributed by atoms with Gasteiger partial charge in [0, 0.05) is 37.7 Å². The predicted octanol–water partition coefficient (Wildman–Crippen LogP) is 8.82. The number of benzene rings is 3. The van der Waals surface area contributed by atoms with Gasteiger partial charge >= 0.3 is 12.2 Å². The van der Waals surface area contributed by atoms with Crippen LogP contribution in [0.5, 0.6) is 17.2 Å². The summed E-state index contributed by atoms with van der Waals surface area (Å²) in [5.74, 6) is 0.937. The van der Waals surface area contributed by atoms with E-state index in [0.29, 0.717) is 43.7 Å². The number of rotatable bonds is 6. The Hall–Kier alpha value is -3.37. The summed E-state index contributed by atoms with van der Waals surface area (Å²) in [6.07, 6.45) is 0.662. The second-order valence-corrected chi connectivity index (χ2v) is 16.2. The number of halogens is 3. The Labute approximate surface area is 337 Å². The van der Waals surface area contributed by atoms with E-state index in [1.807, 2.05) is 45.9 Å². The van der Waals surface area contributed by atoms with Crippen LogP contribution in [-0.2, 0) is 22.6 Å². The molecule has 0 atom stereocenters. The van der Waals surface area contributed by atoms with Crippen molar-refractivity contribution in [2.45, 2.75) is 79.2 Å². The highest BCUT2D eigenvalue weighted by Gasteiger charge is 2.25. The van der Waals surface area contributed by atoms with Crippen molar-refractivity contribution in [3.63, 3.8) is 0 Å². The molecule has 1 aliphatic heterocycles. The van der Waals surface area contributed by atoms with Gasteiger partial charge in [-0.15, -0.1) is 0 Å². The van der Waals surface area contributed by atoms with Crippen LogP contribution in [0.3, 0.4) is 0 Å². The molecule has 15 heteroatoms. The maximum Gasteiger partial charge on any atom is 0.410 e. The van der Waals surface area contributed by atoms with Crippen LogP contribution in [0, 0.1) is 0 Å². The summed E-state index contributed by atoms with van der Waals surface area (Å²) in [4.78, 5) is 37.4. The van der Waals surface area contributed by atoms with Gasteiger partial charge < -0.3 is 44.4 Å². The van der Waals surface area contributed by atoms with Crippen molar-refractivity contribution in [1.82, 2.24) is 9.80 Å². The van der Waals surface area contributed by atoms with Gasteiger partial charge in [0.05, 0.1) is 31.8 Å². The fourth-order valence-electron chi connectivity index (χ4n) is 4.03. The topological polar surface area (TPSA) is 166 Å². The Morgan fingerprint density at radius 2 is 1.40 bits per heavy atom. The first-order valence-corrected chi connectivity index (χ1v) is 19.1. The van der Waals surface area contributed by atoms with Crippen molar-refractivity contribution < 1.29 is 49.0 Å². The van der Waals surface area contributed by atoms with Gasteiger partial charge in [-0.25, -0.2) is 9.59 Å². The molecule has 4 N–H and O–H groups in total. The maximum absolute atomic E-state index is 12.1. The average Bonchev–Trinajstić information content (AvgIpc) is 3.29. The number of hydrogen-bond donors (Lipinski definition) is 4. The van der Waals surface area contributed by atoms with Gasteiger partial charge in [-0.3, -0.25) is 4.79 Å². The third kappa shape index (κ3) is 19.5. The number of amides is 2. The van der Waals surface area contributed by atoms with Crippen molar-refractivity contribution in [3.05, 3.63) is 84.7 Å². The number of aldehydes is 1. The van der Waals surface area contributed by atoms with E-state index in [2.05, 4.69) is 47.8 Å². The number of aliphatic hydroxyl groups excluding tert-OH is 2. The largest absolute Gasteiger partial charge is 0.508 e. The lowest BCUT2D eigenvalue weighted by molar-refractivity contribution is 0.0197. The second-order valence-electron chi connectivity index (χ2n) is 13.4. The molecule has 0 spiro atoms. The Kier molecular flexibility index (Phi) is 21.1. The van der Waals surface area contributed by atoms with E-state index in [1.54, 1.807) is 56.0 Å². The molecule has 294 valence electrons. The van der Waals surface area contributed by atoms with Crippen LogP contribution in [-0.4, -0.2) is 92.8 Å². The highest BCUT2D eigenvalue weighted by molar-refractivity contribution is 9.11. The number of carbonyl (C=O) groups excluding carboxylic acids is 3. The zero-order valence-electron chi connectivity index (χ0n) is 31.2. The lowest BCUT2D eigenvalue weighted by Gasteiger charge is -2.27. The molecule has 53 heavy (non-hydrogen) atoms. The summed E-state index contributed by atoms with van der Waals surface area (Å²) < 4.78 is 18.9. The molecule has 0 aromatic heterocycles. The van der Waals surface area contributed by atoms with Gasteiger partial charge in [-0.05, 0) is 103 Å². The number of ether oxygens (including phenoxy) is 3. The molecule has 1 aliphatic rings. The predicted molar refractivity (Wildman–Crippen MR) is 214 cm³/mol. The number of aromatic hydroxyl groups is 2. The molecule has 3 aromatic rings. The van der Waals surface area contributed by atoms with Gasteiger partial charge in [0.15, 0.2) is 6.29 Å². The summed E-state index contributed by atoms with van der Waals surface area (Å²) in [5.41, 5.74) is 0.778. The van der Waals surface area contributed by atoms with E-state index < -0.39 is 17.3 Å². The molecule has 0 unspecified atom stereocenters. The van der Waals surface area contributed by atoms with Gasteiger partial charge in [0.1, 0.15) is 35.1 Å². The fraction of sp³-hybridized carbons (Fsp3) is 0.447. The molecule has 4 rings (SSSR count). The van der Waals surface area contributed by atoms with E-state index in [-0.39, 0.29) is 37.3 Å². The number of aliphatic hydroxyl groups is 2. The lowest BCUT2D eigenvalue weighted by atomic mass is 10.2. The van der Waals surface area contributed by atoms with Gasteiger partial charge in [0.2, 0.25) is 0 Å². The van der Waals surface area contributed by atoms with Gasteiger partial charge in [0.25, 0.3) is 0 Å². The van der Waals surface area contributed by atoms with Crippen LogP contribution in [0.4, 0.5) is 9.59 Å². The second kappa shape index (κ2) is 23.4. The zero-order chi connectivity index (χ0) is 40.4. The highest BCUT2D eigenvalue weighted by atomic mass is 79.9. The number of hydrogen-bond acceptors (Lipinski definition) is 10. The average molecular weight is 936 g/mol. The smallest absolute Gasteiger partial charge is 0.410 e. The summed E-state index contributed by atoms with van der Waals surface area (Å²) in [6.45, 7) is 14.8. The van der Waals surface area contributed by atoms with Crippen molar-refractivity contribution in [3.8, 4) is 17.2 Å². The standard InChI is InChI=1S/C14H20BrNO4.C14H18BrNO3.C7H5BrO2.C3H8O/c1-14(2,3)20-13(19)16(6-7-17)9-10-8-11(15)4-5-12(10)18;1-14(2,3)19-13(17)16-6-7-18-12-5-4-11(15)8-10(12)9-16;8-6-1-2-7(10)5(3-6)4-9;1-2-3-4/h4-5,8,17-18H,6-7,9H2,1-3H3;4-5,8H,6-7,9H2,1-3H3;1-4,10H;4H,2-3H2,1H3. The summed E-state index contributed by atoms with van der Waals surface area (Å²) in [5, 5.41) is 35.7.